The third-order valence-electron chi connectivity index (χ3n) is 4.41. The van der Waals surface area contributed by atoms with Crippen molar-refractivity contribution >= 4 is 5.91 Å². The van der Waals surface area contributed by atoms with Crippen LogP contribution >= 0.6 is 0 Å². The van der Waals surface area contributed by atoms with Gasteiger partial charge in [-0.05, 0) is 42.8 Å². The summed E-state index contributed by atoms with van der Waals surface area (Å²) in [5.41, 5.74) is 1.78. The molecule has 0 radical (unpaired) electrons. The number of amides is 1. The predicted molar refractivity (Wildman–Crippen MR) is 101 cm³/mol. The Hall–Kier alpha value is -2.37. The van der Waals surface area contributed by atoms with Gasteiger partial charge in [-0.25, -0.2) is 0 Å². The molecule has 0 unspecified atom stereocenters. The Balaban J connectivity index is 1.37. The van der Waals surface area contributed by atoms with Gasteiger partial charge in [-0.1, -0.05) is 30.3 Å². The maximum atomic E-state index is 12.2. The highest BCUT2D eigenvalue weighted by molar-refractivity contribution is 5.94. The first-order valence-corrected chi connectivity index (χ1v) is 9.16. The summed E-state index contributed by atoms with van der Waals surface area (Å²) >= 11 is 0. The summed E-state index contributed by atoms with van der Waals surface area (Å²) in [7, 11) is 0. The minimum Gasteiger partial charge on any atom is -0.489 e. The van der Waals surface area contributed by atoms with Gasteiger partial charge in [0.05, 0.1) is 13.2 Å². The van der Waals surface area contributed by atoms with Crippen molar-refractivity contribution < 1.29 is 14.3 Å². The monoisotopic (exact) mass is 354 g/mol. The van der Waals surface area contributed by atoms with Crippen LogP contribution in [0.1, 0.15) is 22.3 Å². The number of carbonyl (C=O) groups excluding carboxylic acids is 1. The molecule has 1 N–H and O–H groups in total. The van der Waals surface area contributed by atoms with Crippen LogP contribution in [0.4, 0.5) is 0 Å². The number of nitrogens with zero attached hydrogens (tertiary/aromatic N) is 1. The topological polar surface area (TPSA) is 50.8 Å². The van der Waals surface area contributed by atoms with Crippen molar-refractivity contribution in [1.29, 1.82) is 0 Å². The summed E-state index contributed by atoms with van der Waals surface area (Å²) in [5, 5.41) is 2.98. The van der Waals surface area contributed by atoms with E-state index in [9.17, 15) is 4.79 Å². The van der Waals surface area contributed by atoms with E-state index in [4.69, 9.17) is 9.47 Å². The Labute approximate surface area is 154 Å². The molecule has 0 atom stereocenters. The predicted octanol–water partition coefficient (Wildman–Crippen LogP) is 2.72. The fourth-order valence-corrected chi connectivity index (χ4v) is 2.87. The minimum atomic E-state index is -0.0402. The maximum Gasteiger partial charge on any atom is 0.251 e. The summed E-state index contributed by atoms with van der Waals surface area (Å²) in [6.07, 6.45) is 0.948. The van der Waals surface area contributed by atoms with E-state index in [2.05, 4.69) is 10.2 Å². The fourth-order valence-electron chi connectivity index (χ4n) is 2.87. The van der Waals surface area contributed by atoms with Crippen LogP contribution < -0.4 is 10.1 Å². The fraction of sp³-hybridized carbons (Fsp3) is 0.381. The number of nitrogens with one attached hydrogen (secondary N) is 1. The molecule has 1 heterocycles. The van der Waals surface area contributed by atoms with Gasteiger partial charge in [0.2, 0.25) is 0 Å². The Bertz CT molecular complexity index is 667. The third-order valence-corrected chi connectivity index (χ3v) is 4.41. The molecule has 0 bridgehead atoms. The van der Waals surface area contributed by atoms with Crippen LogP contribution in [-0.4, -0.2) is 50.2 Å². The molecule has 5 nitrogen and oxygen atoms in total. The van der Waals surface area contributed by atoms with Crippen molar-refractivity contribution in [2.24, 2.45) is 0 Å². The normalized spacial score (nSPS) is 14.8. The third kappa shape index (κ3) is 5.86. The van der Waals surface area contributed by atoms with Crippen molar-refractivity contribution in [2.45, 2.75) is 13.0 Å². The second-order valence-electron chi connectivity index (χ2n) is 6.36. The lowest BCUT2D eigenvalue weighted by molar-refractivity contribution is 0.0374. The summed E-state index contributed by atoms with van der Waals surface area (Å²) in [5.74, 6) is 0.722. The van der Waals surface area contributed by atoms with Crippen molar-refractivity contribution in [1.82, 2.24) is 10.2 Å². The van der Waals surface area contributed by atoms with Gasteiger partial charge < -0.3 is 14.8 Å². The van der Waals surface area contributed by atoms with Gasteiger partial charge in [-0.15, -0.1) is 0 Å². The molecule has 0 aliphatic carbocycles. The minimum absolute atomic E-state index is 0.0402. The number of rotatable bonds is 8. The standard InChI is InChI=1S/C21H26N2O3/c24-21(22-11-4-12-23-13-15-25-16-14-23)19-7-9-20(10-8-19)26-17-18-5-2-1-3-6-18/h1-3,5-10H,4,11-17H2,(H,22,24). The summed E-state index contributed by atoms with van der Waals surface area (Å²) in [4.78, 5) is 14.6. The van der Waals surface area contributed by atoms with Gasteiger partial charge in [-0.2, -0.15) is 0 Å². The van der Waals surface area contributed by atoms with Crippen LogP contribution in [0.2, 0.25) is 0 Å². The average Bonchev–Trinajstić information content (AvgIpc) is 2.71. The van der Waals surface area contributed by atoms with E-state index in [1.807, 2.05) is 42.5 Å². The molecule has 1 aliphatic rings. The molecule has 5 heteroatoms. The Kier molecular flexibility index (Phi) is 7.05. The summed E-state index contributed by atoms with van der Waals surface area (Å²) < 4.78 is 11.1. The Morgan fingerprint density at radius 3 is 2.50 bits per heavy atom. The van der Waals surface area contributed by atoms with Gasteiger partial charge in [0.15, 0.2) is 0 Å². The van der Waals surface area contributed by atoms with Gasteiger partial charge in [0, 0.05) is 25.2 Å². The smallest absolute Gasteiger partial charge is 0.251 e. The quantitative estimate of drug-likeness (QED) is 0.741. The molecule has 1 fully saturated rings. The number of hydrogen-bond acceptors (Lipinski definition) is 4. The summed E-state index contributed by atoms with van der Waals surface area (Å²) in [6, 6.07) is 17.3. The van der Waals surface area contributed by atoms with Gasteiger partial charge in [-0.3, -0.25) is 9.69 Å². The van der Waals surface area contributed by atoms with Crippen molar-refractivity contribution in [3.63, 3.8) is 0 Å². The van der Waals surface area contributed by atoms with Crippen LogP contribution in [0.3, 0.4) is 0 Å². The Morgan fingerprint density at radius 2 is 1.77 bits per heavy atom. The molecular weight excluding hydrogens is 328 g/mol. The number of hydrogen-bond donors (Lipinski definition) is 1. The van der Waals surface area contributed by atoms with E-state index in [1.54, 1.807) is 12.1 Å². The van der Waals surface area contributed by atoms with E-state index >= 15 is 0 Å². The lowest BCUT2D eigenvalue weighted by atomic mass is 10.2. The lowest BCUT2D eigenvalue weighted by Crippen LogP contribution is -2.38. The summed E-state index contributed by atoms with van der Waals surface area (Å²) in [6.45, 7) is 5.79. The highest BCUT2D eigenvalue weighted by atomic mass is 16.5. The van der Waals surface area contributed by atoms with Crippen LogP contribution in [0, 0.1) is 0 Å². The second kappa shape index (κ2) is 9.94. The van der Waals surface area contributed by atoms with Crippen molar-refractivity contribution in [3.8, 4) is 5.75 Å². The molecule has 0 spiro atoms. The van der Waals surface area contributed by atoms with Gasteiger partial charge in [0.25, 0.3) is 5.91 Å². The van der Waals surface area contributed by atoms with Crippen LogP contribution in [0.15, 0.2) is 54.6 Å². The molecular formula is C21H26N2O3. The number of ether oxygens (including phenoxy) is 2. The molecule has 0 saturated carbocycles. The van der Waals surface area contributed by atoms with Crippen molar-refractivity contribution in [2.75, 3.05) is 39.4 Å². The molecule has 2 aromatic rings. The first-order chi connectivity index (χ1) is 12.8. The molecule has 1 saturated heterocycles. The number of morpholine rings is 1. The largest absolute Gasteiger partial charge is 0.489 e. The van der Waals surface area contributed by atoms with Gasteiger partial charge >= 0.3 is 0 Å². The van der Waals surface area contributed by atoms with E-state index in [-0.39, 0.29) is 5.91 Å². The lowest BCUT2D eigenvalue weighted by Gasteiger charge is -2.26. The van der Waals surface area contributed by atoms with E-state index in [0.29, 0.717) is 18.7 Å². The van der Waals surface area contributed by atoms with Crippen LogP contribution in [0.5, 0.6) is 5.75 Å². The zero-order valence-electron chi connectivity index (χ0n) is 15.0. The number of benzene rings is 2. The first kappa shape index (κ1) is 18.4. The zero-order chi connectivity index (χ0) is 18.0. The molecule has 138 valence electrons. The SMILES string of the molecule is O=C(NCCCN1CCOCC1)c1ccc(OCc2ccccc2)cc1. The van der Waals surface area contributed by atoms with Gasteiger partial charge in [0.1, 0.15) is 12.4 Å². The molecule has 1 aliphatic heterocycles. The average molecular weight is 354 g/mol. The van der Waals surface area contributed by atoms with Crippen LogP contribution in [-0.2, 0) is 11.3 Å². The molecule has 26 heavy (non-hydrogen) atoms. The zero-order valence-corrected chi connectivity index (χ0v) is 15.0. The molecule has 2 aromatic carbocycles. The van der Waals surface area contributed by atoms with Crippen LogP contribution in [0.25, 0.3) is 0 Å². The highest BCUT2D eigenvalue weighted by Gasteiger charge is 2.10. The van der Waals surface area contributed by atoms with E-state index < -0.39 is 0 Å². The Morgan fingerprint density at radius 1 is 1.04 bits per heavy atom. The molecule has 3 rings (SSSR count). The second-order valence-corrected chi connectivity index (χ2v) is 6.36. The van der Waals surface area contributed by atoms with Crippen molar-refractivity contribution in [3.05, 3.63) is 65.7 Å². The van der Waals surface area contributed by atoms with E-state index in [0.717, 1.165) is 50.6 Å². The van der Waals surface area contributed by atoms with E-state index in [1.165, 1.54) is 0 Å². The maximum absolute atomic E-state index is 12.2. The first-order valence-electron chi connectivity index (χ1n) is 9.16. The molecule has 1 amide bonds. The number of carbonyl (C=O) groups is 1. The molecule has 0 aromatic heterocycles. The highest BCUT2D eigenvalue weighted by Crippen LogP contribution is 2.14.